The van der Waals surface area contributed by atoms with Gasteiger partial charge in [0.25, 0.3) is 0 Å². The van der Waals surface area contributed by atoms with Gasteiger partial charge in [-0.25, -0.2) is 0 Å². The normalized spacial score (nSPS) is 13.4. The molecule has 0 bridgehead atoms. The quantitative estimate of drug-likeness (QED) is 0.358. The Labute approximate surface area is 102 Å². The summed E-state index contributed by atoms with van der Waals surface area (Å²) in [5.74, 6) is 0. The van der Waals surface area contributed by atoms with E-state index >= 15 is 0 Å². The second-order valence-electron chi connectivity index (χ2n) is 4.40. The third-order valence-corrected chi connectivity index (χ3v) is 2.91. The summed E-state index contributed by atoms with van der Waals surface area (Å²) < 4.78 is 5.49. The van der Waals surface area contributed by atoms with E-state index in [-0.39, 0.29) is 0 Å². The zero-order valence-corrected chi connectivity index (χ0v) is 11.2. The topological polar surface area (TPSA) is 9.23 Å². The van der Waals surface area contributed by atoms with Gasteiger partial charge in [-0.2, -0.15) is 0 Å². The molecule has 0 N–H and O–H groups in total. The minimum Gasteiger partial charge on any atom is -0.381 e. The van der Waals surface area contributed by atoms with Crippen molar-refractivity contribution in [2.45, 2.75) is 70.8 Å². The molecule has 1 radical (unpaired) electrons. The van der Waals surface area contributed by atoms with E-state index in [1.165, 1.54) is 32.1 Å². The molecule has 1 heteroatoms. The molecule has 0 spiro atoms. The van der Waals surface area contributed by atoms with Gasteiger partial charge in [0.1, 0.15) is 0 Å². The molecule has 0 aliphatic rings. The summed E-state index contributed by atoms with van der Waals surface area (Å²) in [6.07, 6.45) is 15.9. The Kier molecular flexibility index (Phi) is 12.5. The van der Waals surface area contributed by atoms with Crippen molar-refractivity contribution in [2.75, 3.05) is 7.11 Å². The second kappa shape index (κ2) is 12.8. The van der Waals surface area contributed by atoms with Crippen LogP contribution in [0.25, 0.3) is 0 Å². The summed E-state index contributed by atoms with van der Waals surface area (Å²) in [4.78, 5) is 0. The van der Waals surface area contributed by atoms with Crippen LogP contribution in [0.5, 0.6) is 0 Å². The molecule has 95 valence electrons. The van der Waals surface area contributed by atoms with Crippen LogP contribution in [0.1, 0.15) is 64.7 Å². The standard InChI is InChI=1S/C15H29O/c1-4-6-8-10-12-14-15(16-3)13-11-9-7-5-2/h8,10,15H,1,4-7,9,11-14H2,2-3H3. The highest BCUT2D eigenvalue weighted by Crippen LogP contribution is 2.12. The summed E-state index contributed by atoms with van der Waals surface area (Å²) in [5, 5.41) is 0. The number of hydrogen-bond donors (Lipinski definition) is 0. The monoisotopic (exact) mass is 225 g/mol. The molecule has 0 heterocycles. The highest BCUT2D eigenvalue weighted by atomic mass is 16.5. The Morgan fingerprint density at radius 2 is 1.81 bits per heavy atom. The van der Waals surface area contributed by atoms with Crippen molar-refractivity contribution in [3.63, 3.8) is 0 Å². The molecule has 0 fully saturated rings. The number of hydrogen-bond acceptors (Lipinski definition) is 1. The van der Waals surface area contributed by atoms with Gasteiger partial charge < -0.3 is 4.74 Å². The van der Waals surface area contributed by atoms with Crippen molar-refractivity contribution in [3.05, 3.63) is 19.1 Å². The predicted molar refractivity (Wildman–Crippen MR) is 72.5 cm³/mol. The van der Waals surface area contributed by atoms with E-state index in [1.807, 2.05) is 7.11 Å². The molecule has 0 aromatic carbocycles. The maximum Gasteiger partial charge on any atom is 0.0574 e. The zero-order valence-electron chi connectivity index (χ0n) is 11.2. The van der Waals surface area contributed by atoms with E-state index in [9.17, 15) is 0 Å². The lowest BCUT2D eigenvalue weighted by Crippen LogP contribution is -2.09. The molecule has 0 rings (SSSR count). The fourth-order valence-corrected chi connectivity index (χ4v) is 1.81. The average Bonchev–Trinajstić information content (AvgIpc) is 2.31. The molecule has 0 aromatic rings. The second-order valence-corrected chi connectivity index (χ2v) is 4.40. The number of unbranched alkanes of at least 4 members (excludes halogenated alkanes) is 4. The first-order chi connectivity index (χ1) is 7.85. The number of rotatable bonds is 11. The average molecular weight is 225 g/mol. The van der Waals surface area contributed by atoms with Crippen LogP contribution in [0.4, 0.5) is 0 Å². The molecular weight excluding hydrogens is 196 g/mol. The van der Waals surface area contributed by atoms with Crippen LogP contribution < -0.4 is 0 Å². The molecule has 1 nitrogen and oxygen atoms in total. The van der Waals surface area contributed by atoms with Crippen LogP contribution in [0, 0.1) is 6.92 Å². The predicted octanol–water partition coefficient (Wildman–Crippen LogP) is 4.92. The molecule has 0 aromatic heterocycles. The van der Waals surface area contributed by atoms with Crippen LogP contribution in [0.3, 0.4) is 0 Å². The van der Waals surface area contributed by atoms with Gasteiger partial charge in [-0.1, -0.05) is 51.7 Å². The molecule has 0 amide bonds. The third kappa shape index (κ3) is 10.2. The number of methoxy groups -OCH3 is 1. The summed E-state index contributed by atoms with van der Waals surface area (Å²) in [6.45, 7) is 6.07. The highest BCUT2D eigenvalue weighted by Gasteiger charge is 2.05. The SMILES string of the molecule is [CH2]CCC=CCCC(CCCCCC)OC. The van der Waals surface area contributed by atoms with E-state index in [0.717, 1.165) is 25.7 Å². The van der Waals surface area contributed by atoms with Crippen molar-refractivity contribution >= 4 is 0 Å². The van der Waals surface area contributed by atoms with Crippen LogP contribution in [-0.4, -0.2) is 13.2 Å². The van der Waals surface area contributed by atoms with Gasteiger partial charge in [-0.15, -0.1) is 0 Å². The van der Waals surface area contributed by atoms with Crippen LogP contribution in [0.15, 0.2) is 12.2 Å². The molecular formula is C15H29O. The van der Waals surface area contributed by atoms with Crippen LogP contribution in [-0.2, 0) is 4.74 Å². The Bertz CT molecular complexity index is 152. The summed E-state index contributed by atoms with van der Waals surface area (Å²) in [6, 6.07) is 0. The fraction of sp³-hybridized carbons (Fsp3) is 0.800. The third-order valence-electron chi connectivity index (χ3n) is 2.91. The van der Waals surface area contributed by atoms with Gasteiger partial charge in [-0.05, 0) is 32.1 Å². The van der Waals surface area contributed by atoms with Crippen molar-refractivity contribution < 1.29 is 4.74 Å². The van der Waals surface area contributed by atoms with Gasteiger partial charge in [0.15, 0.2) is 0 Å². The first-order valence-corrected chi connectivity index (χ1v) is 6.82. The van der Waals surface area contributed by atoms with E-state index in [0.29, 0.717) is 6.10 Å². The highest BCUT2D eigenvalue weighted by molar-refractivity contribution is 4.82. The molecule has 1 atom stereocenters. The minimum absolute atomic E-state index is 0.459. The Balaban J connectivity index is 3.43. The van der Waals surface area contributed by atoms with Crippen LogP contribution in [0.2, 0.25) is 0 Å². The van der Waals surface area contributed by atoms with E-state index in [2.05, 4.69) is 26.0 Å². The summed E-state index contributed by atoms with van der Waals surface area (Å²) in [5.41, 5.74) is 0. The summed E-state index contributed by atoms with van der Waals surface area (Å²) in [7, 11) is 1.84. The van der Waals surface area contributed by atoms with E-state index in [1.54, 1.807) is 0 Å². The molecule has 16 heavy (non-hydrogen) atoms. The Morgan fingerprint density at radius 1 is 1.06 bits per heavy atom. The molecule has 1 unspecified atom stereocenters. The smallest absolute Gasteiger partial charge is 0.0574 e. The lowest BCUT2D eigenvalue weighted by Gasteiger charge is -2.13. The van der Waals surface area contributed by atoms with Gasteiger partial charge in [-0.3, -0.25) is 0 Å². The molecule has 0 aliphatic carbocycles. The van der Waals surface area contributed by atoms with Crippen molar-refractivity contribution in [1.29, 1.82) is 0 Å². The fourth-order valence-electron chi connectivity index (χ4n) is 1.81. The lowest BCUT2D eigenvalue weighted by atomic mass is 10.1. The maximum atomic E-state index is 5.49. The van der Waals surface area contributed by atoms with E-state index < -0.39 is 0 Å². The van der Waals surface area contributed by atoms with Gasteiger partial charge in [0.2, 0.25) is 0 Å². The number of allylic oxidation sites excluding steroid dienone is 2. The minimum atomic E-state index is 0.459. The Hall–Kier alpha value is -0.300. The van der Waals surface area contributed by atoms with Crippen molar-refractivity contribution in [3.8, 4) is 0 Å². The van der Waals surface area contributed by atoms with Crippen molar-refractivity contribution in [2.24, 2.45) is 0 Å². The summed E-state index contributed by atoms with van der Waals surface area (Å²) >= 11 is 0. The molecule has 0 saturated heterocycles. The molecule has 0 aliphatic heterocycles. The molecule has 0 saturated carbocycles. The maximum absolute atomic E-state index is 5.49. The number of ether oxygens (including phenoxy) is 1. The van der Waals surface area contributed by atoms with Crippen molar-refractivity contribution in [1.82, 2.24) is 0 Å². The largest absolute Gasteiger partial charge is 0.381 e. The lowest BCUT2D eigenvalue weighted by molar-refractivity contribution is 0.0864. The first kappa shape index (κ1) is 15.7. The Morgan fingerprint density at radius 3 is 2.44 bits per heavy atom. The van der Waals surface area contributed by atoms with Gasteiger partial charge >= 0.3 is 0 Å². The van der Waals surface area contributed by atoms with Gasteiger partial charge in [0.05, 0.1) is 6.10 Å². The van der Waals surface area contributed by atoms with E-state index in [4.69, 9.17) is 4.74 Å². The zero-order chi connectivity index (χ0) is 12.1. The van der Waals surface area contributed by atoms with Gasteiger partial charge in [0, 0.05) is 7.11 Å². The first-order valence-electron chi connectivity index (χ1n) is 6.82. The van der Waals surface area contributed by atoms with Crippen LogP contribution >= 0.6 is 0 Å².